The van der Waals surface area contributed by atoms with Gasteiger partial charge in [-0.3, -0.25) is 4.72 Å². The molecule has 0 fully saturated rings. The zero-order chi connectivity index (χ0) is 14.7. The summed E-state index contributed by atoms with van der Waals surface area (Å²) in [6.07, 6.45) is -6.05. The minimum absolute atomic E-state index is 0.0439. The molecule has 2 N–H and O–H groups in total. The van der Waals surface area contributed by atoms with Crippen LogP contribution in [0.25, 0.3) is 0 Å². The van der Waals surface area contributed by atoms with Gasteiger partial charge in [0.2, 0.25) is 10.0 Å². The first-order valence-electron chi connectivity index (χ1n) is 5.46. The Labute approximate surface area is 109 Å². The smallest absolute Gasteiger partial charge is 0.389 e. The van der Waals surface area contributed by atoms with Crippen LogP contribution in [-0.4, -0.2) is 25.5 Å². The number of hydrogen-bond acceptors (Lipinski definition) is 3. The second-order valence-corrected chi connectivity index (χ2v) is 6.00. The second-order valence-electron chi connectivity index (χ2n) is 4.16. The number of rotatable bonds is 5. The van der Waals surface area contributed by atoms with E-state index in [1.54, 1.807) is 13.0 Å². The highest BCUT2D eigenvalue weighted by Gasteiger charge is 2.27. The van der Waals surface area contributed by atoms with Gasteiger partial charge >= 0.3 is 6.18 Å². The van der Waals surface area contributed by atoms with E-state index in [1.165, 1.54) is 12.1 Å². The van der Waals surface area contributed by atoms with E-state index in [9.17, 15) is 26.7 Å². The van der Waals surface area contributed by atoms with Crippen molar-refractivity contribution in [1.29, 1.82) is 0 Å². The summed E-state index contributed by atoms with van der Waals surface area (Å²) in [7, 11) is -3.90. The quantitative estimate of drug-likeness (QED) is 0.821. The summed E-state index contributed by atoms with van der Waals surface area (Å²) >= 11 is 0. The number of halogens is 3. The lowest BCUT2D eigenvalue weighted by atomic mass is 10.2. The molecular formula is C11H14F3NO3S. The van der Waals surface area contributed by atoms with Crippen LogP contribution in [0.5, 0.6) is 5.75 Å². The van der Waals surface area contributed by atoms with E-state index in [1.807, 2.05) is 0 Å². The molecule has 1 aromatic carbocycles. The van der Waals surface area contributed by atoms with E-state index < -0.39 is 34.8 Å². The van der Waals surface area contributed by atoms with E-state index in [4.69, 9.17) is 0 Å². The Morgan fingerprint density at radius 1 is 1.32 bits per heavy atom. The molecule has 0 aliphatic rings. The van der Waals surface area contributed by atoms with Crippen LogP contribution in [0.3, 0.4) is 0 Å². The molecule has 0 aliphatic carbocycles. The largest absolute Gasteiger partial charge is 0.506 e. The van der Waals surface area contributed by atoms with Gasteiger partial charge in [0.05, 0.1) is 11.4 Å². The average Bonchev–Trinajstić information content (AvgIpc) is 2.20. The summed E-state index contributed by atoms with van der Waals surface area (Å²) in [5, 5.41) is 9.50. The summed E-state index contributed by atoms with van der Waals surface area (Å²) in [4.78, 5) is 0. The Balaban J connectivity index is 2.64. The predicted molar refractivity (Wildman–Crippen MR) is 65.5 cm³/mol. The van der Waals surface area contributed by atoms with Crippen molar-refractivity contribution in [3.05, 3.63) is 23.8 Å². The molecule has 4 nitrogen and oxygen atoms in total. The highest BCUT2D eigenvalue weighted by atomic mass is 32.2. The van der Waals surface area contributed by atoms with Crippen molar-refractivity contribution in [1.82, 2.24) is 0 Å². The molecule has 8 heteroatoms. The monoisotopic (exact) mass is 297 g/mol. The summed E-state index contributed by atoms with van der Waals surface area (Å²) in [6, 6.07) is 4.28. The van der Waals surface area contributed by atoms with Gasteiger partial charge in [-0.1, -0.05) is 6.07 Å². The van der Waals surface area contributed by atoms with Crippen molar-refractivity contribution >= 4 is 15.7 Å². The number of hydrogen-bond donors (Lipinski definition) is 2. The number of aryl methyl sites for hydroxylation is 1. The number of aromatic hydroxyl groups is 1. The SMILES string of the molecule is Cc1ccc(NS(=O)(=O)CCCC(F)(F)F)c(O)c1. The van der Waals surface area contributed by atoms with E-state index in [0.29, 0.717) is 0 Å². The van der Waals surface area contributed by atoms with Gasteiger partial charge in [-0.2, -0.15) is 13.2 Å². The minimum atomic E-state index is -4.37. The summed E-state index contributed by atoms with van der Waals surface area (Å²) in [6.45, 7) is 1.71. The molecule has 0 aliphatic heterocycles. The molecule has 0 saturated carbocycles. The van der Waals surface area contributed by atoms with Gasteiger partial charge < -0.3 is 5.11 Å². The number of phenolic OH excluding ortho intramolecular Hbond substituents is 1. The maximum Gasteiger partial charge on any atom is 0.389 e. The zero-order valence-corrected chi connectivity index (χ0v) is 11.0. The van der Waals surface area contributed by atoms with Crippen molar-refractivity contribution in [2.75, 3.05) is 10.5 Å². The van der Waals surface area contributed by atoms with Crippen molar-refractivity contribution in [2.45, 2.75) is 25.9 Å². The first-order chi connectivity index (χ1) is 8.59. The lowest BCUT2D eigenvalue weighted by Crippen LogP contribution is -2.19. The van der Waals surface area contributed by atoms with Gasteiger partial charge in [0.15, 0.2) is 0 Å². The fourth-order valence-electron chi connectivity index (χ4n) is 1.41. The summed E-state index contributed by atoms with van der Waals surface area (Å²) < 4.78 is 60.9. The Hall–Kier alpha value is -1.44. The molecule has 0 aromatic heterocycles. The van der Waals surface area contributed by atoms with E-state index >= 15 is 0 Å². The first-order valence-corrected chi connectivity index (χ1v) is 7.11. The van der Waals surface area contributed by atoms with Crippen LogP contribution in [0.1, 0.15) is 18.4 Å². The molecule has 0 amide bonds. The van der Waals surface area contributed by atoms with Crippen LogP contribution in [0.4, 0.5) is 18.9 Å². The highest BCUT2D eigenvalue weighted by Crippen LogP contribution is 2.26. The van der Waals surface area contributed by atoms with Gasteiger partial charge in [0, 0.05) is 6.42 Å². The number of alkyl halides is 3. The number of benzene rings is 1. The highest BCUT2D eigenvalue weighted by molar-refractivity contribution is 7.92. The maximum absolute atomic E-state index is 11.9. The van der Waals surface area contributed by atoms with Gasteiger partial charge in [0.1, 0.15) is 5.75 Å². The molecule has 1 aromatic rings. The van der Waals surface area contributed by atoms with E-state index in [0.717, 1.165) is 5.56 Å². The van der Waals surface area contributed by atoms with Crippen LogP contribution >= 0.6 is 0 Å². The predicted octanol–water partition coefficient (Wildman–Crippen LogP) is 2.78. The molecule has 0 bridgehead atoms. The molecule has 0 spiro atoms. The Morgan fingerprint density at radius 2 is 1.95 bits per heavy atom. The number of sulfonamides is 1. The fourth-order valence-corrected chi connectivity index (χ4v) is 2.54. The molecule has 108 valence electrons. The first kappa shape index (κ1) is 15.6. The molecule has 0 radical (unpaired) electrons. The van der Waals surface area contributed by atoms with Gasteiger partial charge in [-0.15, -0.1) is 0 Å². The van der Waals surface area contributed by atoms with Crippen LogP contribution in [0.15, 0.2) is 18.2 Å². The van der Waals surface area contributed by atoms with Gasteiger partial charge in [0.25, 0.3) is 0 Å². The Kier molecular flexibility index (Phi) is 4.67. The third kappa shape index (κ3) is 5.82. The Morgan fingerprint density at radius 3 is 2.47 bits per heavy atom. The lowest BCUT2D eigenvalue weighted by Gasteiger charge is -2.10. The van der Waals surface area contributed by atoms with Crippen molar-refractivity contribution in [3.63, 3.8) is 0 Å². The molecule has 0 heterocycles. The van der Waals surface area contributed by atoms with Crippen LogP contribution < -0.4 is 4.72 Å². The van der Waals surface area contributed by atoms with Crippen LogP contribution in [0, 0.1) is 6.92 Å². The zero-order valence-electron chi connectivity index (χ0n) is 10.2. The normalized spacial score (nSPS) is 12.4. The van der Waals surface area contributed by atoms with Crippen molar-refractivity contribution in [3.8, 4) is 5.75 Å². The molecule has 0 atom stereocenters. The standard InChI is InChI=1S/C11H14F3NO3S/c1-8-3-4-9(10(16)7-8)15-19(17,18)6-2-5-11(12,13)14/h3-4,7,15-16H,2,5-6H2,1H3. The van der Waals surface area contributed by atoms with Crippen molar-refractivity contribution in [2.24, 2.45) is 0 Å². The van der Waals surface area contributed by atoms with Crippen molar-refractivity contribution < 1.29 is 26.7 Å². The molecular weight excluding hydrogens is 283 g/mol. The van der Waals surface area contributed by atoms with E-state index in [2.05, 4.69) is 4.72 Å². The summed E-state index contributed by atoms with van der Waals surface area (Å²) in [5.74, 6) is -0.917. The lowest BCUT2D eigenvalue weighted by molar-refractivity contribution is -0.134. The fraction of sp³-hybridized carbons (Fsp3) is 0.455. The maximum atomic E-state index is 11.9. The Bertz CT molecular complexity index is 541. The number of nitrogens with one attached hydrogen (secondary N) is 1. The third-order valence-electron chi connectivity index (χ3n) is 2.29. The summed E-state index contributed by atoms with van der Waals surface area (Å²) in [5.41, 5.74) is 0.690. The average molecular weight is 297 g/mol. The molecule has 1 rings (SSSR count). The van der Waals surface area contributed by atoms with Gasteiger partial charge in [-0.05, 0) is 31.0 Å². The second kappa shape index (κ2) is 5.68. The molecule has 0 saturated heterocycles. The van der Waals surface area contributed by atoms with Gasteiger partial charge in [-0.25, -0.2) is 8.42 Å². The topological polar surface area (TPSA) is 66.4 Å². The number of anilines is 1. The van der Waals surface area contributed by atoms with Crippen LogP contribution in [0.2, 0.25) is 0 Å². The number of phenols is 1. The minimum Gasteiger partial charge on any atom is -0.506 e. The van der Waals surface area contributed by atoms with Crippen LogP contribution in [-0.2, 0) is 10.0 Å². The molecule has 19 heavy (non-hydrogen) atoms. The molecule has 0 unspecified atom stereocenters. The van der Waals surface area contributed by atoms with E-state index in [-0.39, 0.29) is 11.4 Å². The third-order valence-corrected chi connectivity index (χ3v) is 3.65.